The van der Waals surface area contributed by atoms with Gasteiger partial charge in [0.25, 0.3) is 5.56 Å². The van der Waals surface area contributed by atoms with E-state index < -0.39 is 24.0 Å². The fraction of sp³-hybridized carbons (Fsp3) is 0.500. The van der Waals surface area contributed by atoms with E-state index in [1.54, 1.807) is 4.57 Å². The quantitative estimate of drug-likeness (QED) is 0.483. The number of nitrogens with one attached hydrogen (secondary N) is 1. The van der Waals surface area contributed by atoms with Crippen LogP contribution >= 0.6 is 0 Å². The average molecular weight is 282 g/mol. The molecule has 0 unspecified atom stereocenters. The van der Waals surface area contributed by atoms with Crippen molar-refractivity contribution in [2.75, 3.05) is 12.3 Å². The summed E-state index contributed by atoms with van der Waals surface area (Å²) >= 11 is 0. The molecule has 10 heteroatoms. The fourth-order valence-corrected chi connectivity index (χ4v) is 2.33. The molecular formula is C10H14N6O4. The zero-order valence-electron chi connectivity index (χ0n) is 10.4. The lowest BCUT2D eigenvalue weighted by molar-refractivity contribution is -0.0612. The van der Waals surface area contributed by atoms with Crippen LogP contribution in [0.4, 0.5) is 5.95 Å². The lowest BCUT2D eigenvalue weighted by atomic mass is 10.2. The van der Waals surface area contributed by atoms with E-state index in [9.17, 15) is 9.90 Å². The van der Waals surface area contributed by atoms with Gasteiger partial charge in [-0.15, -0.1) is 0 Å². The summed E-state index contributed by atoms with van der Waals surface area (Å²) in [4.78, 5) is 26.9. The molecule has 6 N–H and O–H groups in total. The normalized spacial score (nSPS) is 26.4. The van der Waals surface area contributed by atoms with E-state index in [-0.39, 0.29) is 18.1 Å². The summed E-state index contributed by atoms with van der Waals surface area (Å²) in [6.45, 7) is -0.221. The summed E-state index contributed by atoms with van der Waals surface area (Å²) in [7, 11) is 0. The second-order valence-electron chi connectivity index (χ2n) is 4.50. The highest BCUT2D eigenvalue weighted by molar-refractivity contribution is 5.70. The predicted molar refractivity (Wildman–Crippen MR) is 67.2 cm³/mol. The Balaban J connectivity index is 2.01. The number of H-pyrrole nitrogens is 1. The molecule has 3 rings (SSSR count). The van der Waals surface area contributed by atoms with E-state index in [0.29, 0.717) is 12.1 Å². The van der Waals surface area contributed by atoms with Crippen molar-refractivity contribution in [1.82, 2.24) is 19.5 Å². The first-order valence-corrected chi connectivity index (χ1v) is 5.98. The van der Waals surface area contributed by atoms with Crippen LogP contribution in [0.1, 0.15) is 12.6 Å². The van der Waals surface area contributed by atoms with Crippen LogP contribution in [0.3, 0.4) is 0 Å². The second-order valence-corrected chi connectivity index (χ2v) is 4.50. The van der Waals surface area contributed by atoms with Gasteiger partial charge in [0, 0.05) is 6.42 Å². The number of aliphatic hydroxyl groups is 1. The molecule has 2 aromatic rings. The van der Waals surface area contributed by atoms with Crippen LogP contribution in [0.15, 0.2) is 11.1 Å². The number of rotatable bonds is 3. The van der Waals surface area contributed by atoms with Crippen LogP contribution in [0, 0.1) is 0 Å². The van der Waals surface area contributed by atoms with Crippen molar-refractivity contribution < 1.29 is 14.7 Å². The monoisotopic (exact) mass is 282 g/mol. The Morgan fingerprint density at radius 1 is 1.65 bits per heavy atom. The van der Waals surface area contributed by atoms with Crippen molar-refractivity contribution in [1.29, 1.82) is 0 Å². The number of imidazole rings is 1. The van der Waals surface area contributed by atoms with Crippen molar-refractivity contribution in [3.63, 3.8) is 0 Å². The van der Waals surface area contributed by atoms with Gasteiger partial charge >= 0.3 is 0 Å². The minimum atomic E-state index is -0.540. The van der Waals surface area contributed by atoms with Crippen LogP contribution in [0.2, 0.25) is 0 Å². The number of anilines is 1. The van der Waals surface area contributed by atoms with Crippen molar-refractivity contribution in [3.05, 3.63) is 16.7 Å². The number of aromatic nitrogens is 4. The molecule has 1 saturated heterocycles. The first-order valence-electron chi connectivity index (χ1n) is 5.98. The number of nitrogen functional groups attached to an aromatic ring is 1. The summed E-state index contributed by atoms with van der Waals surface area (Å²) in [6.07, 6.45) is 0.370. The van der Waals surface area contributed by atoms with Gasteiger partial charge in [0.2, 0.25) is 5.95 Å². The molecule has 0 amide bonds. The topological polar surface area (TPSA) is 154 Å². The summed E-state index contributed by atoms with van der Waals surface area (Å²) in [6, 6.07) is 0. The number of aliphatic hydroxyl groups excluding tert-OH is 1. The summed E-state index contributed by atoms with van der Waals surface area (Å²) in [5, 5.41) is 9.21. The van der Waals surface area contributed by atoms with Gasteiger partial charge in [0.05, 0.1) is 12.9 Å². The van der Waals surface area contributed by atoms with E-state index in [1.165, 1.54) is 6.33 Å². The zero-order valence-corrected chi connectivity index (χ0v) is 10.4. The number of nitrogens with two attached hydrogens (primary N) is 2. The molecule has 10 nitrogen and oxygen atoms in total. The van der Waals surface area contributed by atoms with Gasteiger partial charge in [-0.3, -0.25) is 19.2 Å². The van der Waals surface area contributed by atoms with Gasteiger partial charge in [-0.05, 0) is 0 Å². The van der Waals surface area contributed by atoms with Crippen molar-refractivity contribution >= 4 is 17.1 Å². The first-order chi connectivity index (χ1) is 9.63. The molecule has 2 aromatic heterocycles. The second kappa shape index (κ2) is 4.83. The van der Waals surface area contributed by atoms with E-state index in [1.807, 2.05) is 0 Å². The molecule has 20 heavy (non-hydrogen) atoms. The Morgan fingerprint density at radius 2 is 2.45 bits per heavy atom. The highest BCUT2D eigenvalue weighted by atomic mass is 16.7. The summed E-state index contributed by atoms with van der Waals surface area (Å²) in [5.41, 5.74) is 5.58. The molecule has 1 fully saturated rings. The fourth-order valence-electron chi connectivity index (χ4n) is 2.33. The highest BCUT2D eigenvalue weighted by Gasteiger charge is 2.37. The molecule has 0 radical (unpaired) electrons. The Bertz CT molecular complexity index is 670. The SMILES string of the molecule is NO[C@H]1C[C@@H](n2cnc3c(=O)[nH]c(N)nc32)O[C@@H]1CO. The Hall–Kier alpha value is -2.01. The van der Waals surface area contributed by atoms with E-state index in [2.05, 4.69) is 15.0 Å². The maximum absolute atomic E-state index is 11.7. The third-order valence-corrected chi connectivity index (χ3v) is 3.30. The largest absolute Gasteiger partial charge is 0.394 e. The smallest absolute Gasteiger partial charge is 0.280 e. The molecule has 3 atom stereocenters. The Kier molecular flexibility index (Phi) is 3.14. The molecule has 108 valence electrons. The van der Waals surface area contributed by atoms with E-state index in [4.69, 9.17) is 21.2 Å². The third-order valence-electron chi connectivity index (χ3n) is 3.30. The van der Waals surface area contributed by atoms with Gasteiger partial charge in [-0.1, -0.05) is 0 Å². The molecule has 0 saturated carbocycles. The van der Waals surface area contributed by atoms with E-state index in [0.717, 1.165) is 0 Å². The molecule has 0 spiro atoms. The Morgan fingerprint density at radius 3 is 3.10 bits per heavy atom. The van der Waals surface area contributed by atoms with Crippen LogP contribution < -0.4 is 17.2 Å². The number of hydrogen-bond acceptors (Lipinski definition) is 8. The van der Waals surface area contributed by atoms with Crippen LogP contribution in [-0.2, 0) is 9.57 Å². The van der Waals surface area contributed by atoms with Crippen LogP contribution in [-0.4, -0.2) is 43.4 Å². The van der Waals surface area contributed by atoms with Gasteiger partial charge < -0.3 is 15.6 Å². The van der Waals surface area contributed by atoms with Gasteiger partial charge in [0.15, 0.2) is 11.2 Å². The lowest BCUT2D eigenvalue weighted by Crippen LogP contribution is -2.29. The molecule has 3 heterocycles. The number of aromatic amines is 1. The Labute approximate surface area is 112 Å². The third kappa shape index (κ3) is 1.94. The van der Waals surface area contributed by atoms with Crippen molar-refractivity contribution in [2.24, 2.45) is 5.90 Å². The molecule has 1 aliphatic heterocycles. The highest BCUT2D eigenvalue weighted by Crippen LogP contribution is 2.31. The zero-order chi connectivity index (χ0) is 14.3. The molecule has 1 aliphatic rings. The summed E-state index contributed by atoms with van der Waals surface area (Å²) < 4.78 is 7.19. The van der Waals surface area contributed by atoms with Crippen molar-refractivity contribution in [3.8, 4) is 0 Å². The molecule has 0 bridgehead atoms. The maximum atomic E-state index is 11.7. The molecular weight excluding hydrogens is 268 g/mol. The van der Waals surface area contributed by atoms with Gasteiger partial charge in [-0.25, -0.2) is 10.9 Å². The van der Waals surface area contributed by atoms with Gasteiger partial charge in [-0.2, -0.15) is 4.98 Å². The lowest BCUT2D eigenvalue weighted by Gasteiger charge is -2.13. The minimum Gasteiger partial charge on any atom is -0.394 e. The number of nitrogens with zero attached hydrogens (tertiary/aromatic N) is 3. The maximum Gasteiger partial charge on any atom is 0.280 e. The number of fused-ring (bicyclic) bond motifs is 1. The average Bonchev–Trinajstić information content (AvgIpc) is 3.01. The first kappa shape index (κ1) is 13.0. The predicted octanol–water partition coefficient (Wildman–Crippen LogP) is -1.76. The summed E-state index contributed by atoms with van der Waals surface area (Å²) in [5.74, 6) is 5.16. The van der Waals surface area contributed by atoms with Crippen molar-refractivity contribution in [2.45, 2.75) is 24.9 Å². The molecule has 0 aliphatic carbocycles. The number of hydrogen-bond donors (Lipinski definition) is 4. The van der Waals surface area contributed by atoms with Crippen LogP contribution in [0.5, 0.6) is 0 Å². The van der Waals surface area contributed by atoms with Gasteiger partial charge in [0.1, 0.15) is 18.4 Å². The van der Waals surface area contributed by atoms with E-state index >= 15 is 0 Å². The van der Waals surface area contributed by atoms with Crippen LogP contribution in [0.25, 0.3) is 11.2 Å². The molecule has 0 aromatic carbocycles. The minimum absolute atomic E-state index is 0.00687. The standard InChI is InChI=1S/C10H14N6O4/c11-10-14-8-7(9(18)15-10)13-3-16(8)6-1-4(20-12)5(2-17)19-6/h3-6,17H,1-2,12H2,(H3,11,14,15,18)/t4-,5+,6-/m0/s1. The number of ether oxygens (including phenoxy) is 1.